The molecule has 1 aliphatic carbocycles. The average Bonchev–Trinajstić information content (AvgIpc) is 3.30. The van der Waals surface area contributed by atoms with E-state index in [2.05, 4.69) is 137 Å². The zero-order valence-electron chi connectivity index (χ0n) is 29.8. The summed E-state index contributed by atoms with van der Waals surface area (Å²) in [5.41, 5.74) is 0.0661. The SMILES string of the molecule is CC(C)CC1CC(c2onc(C(CC(=O)OC(C)(C)C)CC(C)(C)CO[Si](c3ccccc3)(c3ccccc3)C(C)(C)C)c2I)C1. The van der Waals surface area contributed by atoms with Gasteiger partial charge >= 0.3 is 5.97 Å². The van der Waals surface area contributed by atoms with Gasteiger partial charge in [0.15, 0.2) is 5.76 Å². The van der Waals surface area contributed by atoms with E-state index >= 15 is 0 Å². The van der Waals surface area contributed by atoms with E-state index in [9.17, 15) is 4.79 Å². The normalized spacial score (nSPS) is 18.3. The monoisotopic (exact) mass is 757 g/mol. The van der Waals surface area contributed by atoms with E-state index in [1.165, 1.54) is 16.8 Å². The topological polar surface area (TPSA) is 61.6 Å². The Morgan fingerprint density at radius 3 is 1.96 bits per heavy atom. The Morgan fingerprint density at radius 1 is 0.935 bits per heavy atom. The van der Waals surface area contributed by atoms with Gasteiger partial charge in [0.2, 0.25) is 0 Å². The number of benzene rings is 2. The highest BCUT2D eigenvalue weighted by Crippen LogP contribution is 2.48. The van der Waals surface area contributed by atoms with Crippen molar-refractivity contribution in [3.63, 3.8) is 0 Å². The lowest BCUT2D eigenvalue weighted by atomic mass is 9.70. The smallest absolute Gasteiger partial charge is 0.306 e. The van der Waals surface area contributed by atoms with Gasteiger partial charge in [0.25, 0.3) is 8.32 Å². The highest BCUT2D eigenvalue weighted by atomic mass is 127. The van der Waals surface area contributed by atoms with Crippen LogP contribution in [0, 0.1) is 20.8 Å². The van der Waals surface area contributed by atoms with E-state index in [4.69, 9.17) is 13.7 Å². The van der Waals surface area contributed by atoms with Gasteiger partial charge in [-0.05, 0) is 102 Å². The quantitative estimate of drug-likeness (QED) is 0.0988. The standard InChI is InChI=1S/C39H56INO4Si/c1-27(2)21-28-22-29(23-28)36-34(40)35(41-45-36)30(24-33(42)44-37(3,4)5)25-39(9,10)26-43-46(38(6,7)8,31-17-13-11-14-18-31)32-19-15-12-16-20-32/h11-20,27-30H,21-26H2,1-10H3. The van der Waals surface area contributed by atoms with Crippen molar-refractivity contribution in [3.8, 4) is 0 Å². The predicted molar refractivity (Wildman–Crippen MR) is 199 cm³/mol. The summed E-state index contributed by atoms with van der Waals surface area (Å²) < 4.78 is 20.3. The maximum Gasteiger partial charge on any atom is 0.306 e. The van der Waals surface area contributed by atoms with Crippen molar-refractivity contribution in [1.82, 2.24) is 5.16 Å². The lowest BCUT2D eigenvalue weighted by Gasteiger charge is -2.45. The molecule has 1 aromatic heterocycles. The molecule has 4 rings (SSSR count). The van der Waals surface area contributed by atoms with E-state index in [1.54, 1.807) is 0 Å². The lowest BCUT2D eigenvalue weighted by molar-refractivity contribution is -0.155. The second-order valence-electron chi connectivity index (χ2n) is 16.7. The number of aromatic nitrogens is 1. The minimum absolute atomic E-state index is 0.117. The fourth-order valence-corrected chi connectivity index (χ4v) is 13.1. The molecular weight excluding hydrogens is 701 g/mol. The van der Waals surface area contributed by atoms with Gasteiger partial charge < -0.3 is 13.7 Å². The molecule has 0 spiro atoms. The molecule has 46 heavy (non-hydrogen) atoms. The van der Waals surface area contributed by atoms with E-state index in [0.717, 1.165) is 33.8 Å². The molecule has 1 unspecified atom stereocenters. The Balaban J connectivity index is 1.63. The number of hydrogen-bond donors (Lipinski definition) is 0. The number of hydrogen-bond acceptors (Lipinski definition) is 5. The molecule has 5 nitrogen and oxygen atoms in total. The summed E-state index contributed by atoms with van der Waals surface area (Å²) in [5, 5.41) is 7.07. The van der Waals surface area contributed by atoms with Crippen molar-refractivity contribution in [2.24, 2.45) is 17.3 Å². The van der Waals surface area contributed by atoms with E-state index in [1.807, 2.05) is 20.8 Å². The summed E-state index contributed by atoms with van der Waals surface area (Å²) in [7, 11) is -2.72. The van der Waals surface area contributed by atoms with Crippen LogP contribution in [0.15, 0.2) is 65.2 Å². The minimum Gasteiger partial charge on any atom is -0.460 e. The Hall–Kier alpha value is -1.97. The molecule has 1 heterocycles. The number of esters is 1. The molecule has 0 radical (unpaired) electrons. The van der Waals surface area contributed by atoms with Gasteiger partial charge in [-0.15, -0.1) is 0 Å². The molecule has 0 N–H and O–H groups in total. The first-order chi connectivity index (χ1) is 21.4. The molecule has 1 saturated carbocycles. The maximum absolute atomic E-state index is 13.3. The third-order valence-corrected chi connectivity index (χ3v) is 15.3. The minimum atomic E-state index is -2.72. The third kappa shape index (κ3) is 8.93. The number of carbonyl (C=O) groups is 1. The summed E-state index contributed by atoms with van der Waals surface area (Å²) in [5.74, 6) is 2.51. The largest absolute Gasteiger partial charge is 0.460 e. The Kier molecular flexibility index (Phi) is 11.7. The molecule has 1 atom stereocenters. The van der Waals surface area contributed by atoms with Gasteiger partial charge in [0.1, 0.15) is 11.3 Å². The number of ether oxygens (including phenoxy) is 1. The Morgan fingerprint density at radius 2 is 1.48 bits per heavy atom. The van der Waals surface area contributed by atoms with Crippen molar-refractivity contribution in [2.75, 3.05) is 6.61 Å². The number of nitrogens with zero attached hydrogens (tertiary/aromatic N) is 1. The fourth-order valence-electron chi connectivity index (χ4n) is 7.26. The second-order valence-corrected chi connectivity index (χ2v) is 22.1. The maximum atomic E-state index is 13.3. The van der Waals surface area contributed by atoms with E-state index < -0.39 is 13.9 Å². The van der Waals surface area contributed by atoms with Crippen LogP contribution < -0.4 is 10.4 Å². The fraction of sp³-hybridized carbons (Fsp3) is 0.590. The lowest BCUT2D eigenvalue weighted by Crippen LogP contribution is -2.67. The van der Waals surface area contributed by atoms with Gasteiger partial charge in [0.05, 0.1) is 9.99 Å². The summed E-state index contributed by atoms with van der Waals surface area (Å²) in [6, 6.07) is 21.5. The summed E-state index contributed by atoms with van der Waals surface area (Å²) in [6.07, 6.45) is 4.53. The van der Waals surface area contributed by atoms with E-state index in [-0.39, 0.29) is 28.8 Å². The van der Waals surface area contributed by atoms with Crippen LogP contribution in [0.3, 0.4) is 0 Å². The summed E-state index contributed by atoms with van der Waals surface area (Å²) in [6.45, 7) is 22.3. The first-order valence-corrected chi connectivity index (χ1v) is 20.0. The van der Waals surface area contributed by atoms with Crippen LogP contribution in [0.4, 0.5) is 0 Å². The first kappa shape index (κ1) is 36.9. The van der Waals surface area contributed by atoms with Gasteiger partial charge in [-0.2, -0.15) is 0 Å². The molecule has 7 heteroatoms. The molecule has 1 aliphatic rings. The molecule has 0 saturated heterocycles. The third-order valence-electron chi connectivity index (χ3n) is 9.21. The van der Waals surface area contributed by atoms with Crippen molar-refractivity contribution in [3.05, 3.63) is 75.7 Å². The Labute approximate surface area is 292 Å². The molecule has 0 bridgehead atoms. The molecule has 0 aliphatic heterocycles. The van der Waals surface area contributed by atoms with Crippen molar-refractivity contribution >= 4 is 47.3 Å². The predicted octanol–water partition coefficient (Wildman–Crippen LogP) is 9.63. The van der Waals surface area contributed by atoms with Crippen LogP contribution in [0.5, 0.6) is 0 Å². The summed E-state index contributed by atoms with van der Waals surface area (Å²) >= 11 is 2.41. The zero-order chi connectivity index (χ0) is 33.9. The average molecular weight is 758 g/mol. The number of carbonyl (C=O) groups excluding carboxylic acids is 1. The van der Waals surface area contributed by atoms with Crippen LogP contribution in [0.2, 0.25) is 5.04 Å². The van der Waals surface area contributed by atoms with Crippen molar-refractivity contribution < 1.29 is 18.5 Å². The zero-order valence-corrected chi connectivity index (χ0v) is 32.9. The number of halogens is 1. The van der Waals surface area contributed by atoms with E-state index in [0.29, 0.717) is 24.9 Å². The summed E-state index contributed by atoms with van der Waals surface area (Å²) in [4.78, 5) is 13.3. The van der Waals surface area contributed by atoms with Gasteiger partial charge in [-0.25, -0.2) is 0 Å². The molecule has 3 aromatic rings. The van der Waals surface area contributed by atoms with Crippen LogP contribution >= 0.6 is 22.6 Å². The molecule has 1 fully saturated rings. The van der Waals surface area contributed by atoms with Crippen LogP contribution in [0.1, 0.15) is 125 Å². The number of rotatable bonds is 13. The first-order valence-electron chi connectivity index (χ1n) is 17.0. The molecule has 0 amide bonds. The van der Waals surface area contributed by atoms with Crippen LogP contribution in [0.25, 0.3) is 0 Å². The Bertz CT molecular complexity index is 1380. The van der Waals surface area contributed by atoms with Crippen LogP contribution in [-0.2, 0) is 14.0 Å². The van der Waals surface area contributed by atoms with Gasteiger partial charge in [-0.3, -0.25) is 4.79 Å². The van der Waals surface area contributed by atoms with Gasteiger partial charge in [-0.1, -0.05) is 114 Å². The molecule has 252 valence electrons. The molecular formula is C39H56INO4Si. The van der Waals surface area contributed by atoms with Crippen molar-refractivity contribution in [1.29, 1.82) is 0 Å². The van der Waals surface area contributed by atoms with Crippen molar-refractivity contribution in [2.45, 2.75) is 124 Å². The van der Waals surface area contributed by atoms with Gasteiger partial charge in [0, 0.05) is 18.4 Å². The highest BCUT2D eigenvalue weighted by Gasteiger charge is 2.51. The second kappa shape index (κ2) is 14.6. The highest BCUT2D eigenvalue weighted by molar-refractivity contribution is 14.1. The molecule has 2 aromatic carbocycles. The van der Waals surface area contributed by atoms with Crippen LogP contribution in [-0.4, -0.2) is 31.7 Å².